The van der Waals surface area contributed by atoms with Crippen LogP contribution in [0.25, 0.3) is 0 Å². The van der Waals surface area contributed by atoms with Crippen LogP contribution in [0.3, 0.4) is 0 Å². The van der Waals surface area contributed by atoms with E-state index in [1.54, 1.807) is 42.5 Å². The van der Waals surface area contributed by atoms with Gasteiger partial charge in [0, 0.05) is 12.2 Å². The highest BCUT2D eigenvalue weighted by atomic mass is 32.2. The zero-order valence-electron chi connectivity index (χ0n) is 19.4. The van der Waals surface area contributed by atoms with E-state index in [2.05, 4.69) is 10.6 Å². The number of nitrogens with one attached hydrogen (secondary N) is 2. The third kappa shape index (κ3) is 5.10. The van der Waals surface area contributed by atoms with Gasteiger partial charge in [-0.15, -0.1) is 0 Å². The van der Waals surface area contributed by atoms with E-state index < -0.39 is 16.2 Å². The molecule has 2 N–H and O–H groups in total. The summed E-state index contributed by atoms with van der Waals surface area (Å²) in [6.45, 7) is 0.0743. The second-order valence-electron chi connectivity index (χ2n) is 8.35. The lowest BCUT2D eigenvalue weighted by atomic mass is 10.1. The molecule has 4 aromatic carbocycles. The Morgan fingerprint density at radius 2 is 1.47 bits per heavy atom. The average molecular weight is 500 g/mol. The average Bonchev–Trinajstić information content (AvgIpc) is 2.91. The smallest absolute Gasteiger partial charge is 0.262 e. The maximum atomic E-state index is 13.6. The maximum Gasteiger partial charge on any atom is 0.262 e. The number of anilines is 2. The van der Waals surface area contributed by atoms with E-state index in [0.29, 0.717) is 17.1 Å². The Labute approximate surface area is 210 Å². The number of para-hydroxylation sites is 2. The number of hydrogen-bond donors (Lipinski definition) is 2. The Morgan fingerprint density at radius 3 is 2.19 bits per heavy atom. The van der Waals surface area contributed by atoms with Crippen molar-refractivity contribution in [1.29, 1.82) is 0 Å². The van der Waals surface area contributed by atoms with Gasteiger partial charge < -0.3 is 15.4 Å². The van der Waals surface area contributed by atoms with Gasteiger partial charge in [-0.3, -0.25) is 4.79 Å². The number of carbonyl (C=O) groups excluding carboxylic acids is 1. The fourth-order valence-corrected chi connectivity index (χ4v) is 5.78. The van der Waals surface area contributed by atoms with Gasteiger partial charge in [0.25, 0.3) is 5.91 Å². The molecule has 0 saturated carbocycles. The molecule has 0 fully saturated rings. The molecule has 0 unspecified atom stereocenters. The molecular weight excluding hydrogens is 474 g/mol. The van der Waals surface area contributed by atoms with Crippen molar-refractivity contribution in [3.05, 3.63) is 120 Å². The van der Waals surface area contributed by atoms with E-state index in [0.717, 1.165) is 11.1 Å². The minimum atomic E-state index is -3.75. The summed E-state index contributed by atoms with van der Waals surface area (Å²) in [5.41, 5.74) is 2.90. The molecule has 1 heterocycles. The van der Waals surface area contributed by atoms with Gasteiger partial charge >= 0.3 is 0 Å². The molecule has 36 heavy (non-hydrogen) atoms. The van der Waals surface area contributed by atoms with Crippen LogP contribution in [0.1, 0.15) is 17.3 Å². The SMILES string of the molecule is O=C(COc1ccc([C@H]2Nc3ccccc3S(=O)(=O)N2Cc2ccccc2)cc1)Nc1ccccc1. The number of rotatable bonds is 7. The first-order chi connectivity index (χ1) is 17.5. The van der Waals surface area contributed by atoms with Gasteiger partial charge in [0.2, 0.25) is 10.0 Å². The Kier molecular flexibility index (Phi) is 6.71. The Balaban J connectivity index is 1.35. The van der Waals surface area contributed by atoms with Crippen molar-refractivity contribution in [2.24, 2.45) is 0 Å². The minimum Gasteiger partial charge on any atom is -0.484 e. The normalized spacial score (nSPS) is 16.4. The van der Waals surface area contributed by atoms with Crippen molar-refractivity contribution in [3.63, 3.8) is 0 Å². The predicted octanol–water partition coefficient (Wildman–Crippen LogP) is 5.02. The van der Waals surface area contributed by atoms with Crippen LogP contribution in [0.5, 0.6) is 5.75 Å². The lowest BCUT2D eigenvalue weighted by molar-refractivity contribution is -0.118. The summed E-state index contributed by atoms with van der Waals surface area (Å²) < 4.78 is 34.3. The maximum absolute atomic E-state index is 13.6. The number of hydrogen-bond acceptors (Lipinski definition) is 5. The first-order valence-corrected chi connectivity index (χ1v) is 12.9. The lowest BCUT2D eigenvalue weighted by Crippen LogP contribution is -2.42. The van der Waals surface area contributed by atoms with Crippen LogP contribution >= 0.6 is 0 Å². The summed E-state index contributed by atoms with van der Waals surface area (Å²) in [5, 5.41) is 6.15. The molecule has 0 aliphatic carbocycles. The molecule has 0 bridgehead atoms. The molecule has 1 aliphatic heterocycles. The molecule has 1 atom stereocenters. The number of sulfonamides is 1. The van der Waals surface area contributed by atoms with Crippen LogP contribution in [-0.2, 0) is 21.4 Å². The summed E-state index contributed by atoms with van der Waals surface area (Å²) in [6, 6.07) is 32.7. The molecule has 8 heteroatoms. The van der Waals surface area contributed by atoms with Crippen LogP contribution in [0.4, 0.5) is 11.4 Å². The zero-order chi connectivity index (χ0) is 25.0. The Morgan fingerprint density at radius 1 is 0.833 bits per heavy atom. The topological polar surface area (TPSA) is 87.7 Å². The standard InChI is InChI=1S/C28H25N3O4S/c32-27(29-23-11-5-2-6-12-23)20-35-24-17-15-22(16-18-24)28-30-25-13-7-8-14-26(25)36(33,34)31(28)19-21-9-3-1-4-10-21/h1-18,28,30H,19-20H2,(H,29,32)/t28-/m0/s1. The van der Waals surface area contributed by atoms with Crippen LogP contribution in [0, 0.1) is 0 Å². The number of ether oxygens (including phenoxy) is 1. The molecule has 7 nitrogen and oxygen atoms in total. The fraction of sp³-hybridized carbons (Fsp3) is 0.107. The molecular formula is C28H25N3O4S. The van der Waals surface area contributed by atoms with Gasteiger partial charge in [0.15, 0.2) is 6.61 Å². The van der Waals surface area contributed by atoms with Crippen LogP contribution < -0.4 is 15.4 Å². The fourth-order valence-electron chi connectivity index (χ4n) is 4.10. The summed E-state index contributed by atoms with van der Waals surface area (Å²) in [6.07, 6.45) is -0.611. The van der Waals surface area contributed by atoms with Crippen LogP contribution in [0.2, 0.25) is 0 Å². The lowest BCUT2D eigenvalue weighted by Gasteiger charge is -2.37. The summed E-state index contributed by atoms with van der Waals surface area (Å²) in [4.78, 5) is 12.4. The molecule has 0 spiro atoms. The third-order valence-electron chi connectivity index (χ3n) is 5.86. The van der Waals surface area contributed by atoms with E-state index in [-0.39, 0.29) is 24.0 Å². The van der Waals surface area contributed by atoms with Crippen molar-refractivity contribution in [2.75, 3.05) is 17.2 Å². The highest BCUT2D eigenvalue weighted by Gasteiger charge is 2.38. The van der Waals surface area contributed by atoms with Crippen molar-refractivity contribution < 1.29 is 17.9 Å². The highest BCUT2D eigenvalue weighted by Crippen LogP contribution is 2.39. The van der Waals surface area contributed by atoms with Gasteiger partial charge in [-0.1, -0.05) is 72.8 Å². The molecule has 0 saturated heterocycles. The largest absolute Gasteiger partial charge is 0.484 e. The number of nitrogens with zero attached hydrogens (tertiary/aromatic N) is 1. The zero-order valence-corrected chi connectivity index (χ0v) is 20.2. The number of carbonyl (C=O) groups is 1. The van der Waals surface area contributed by atoms with Crippen LogP contribution in [-0.4, -0.2) is 25.2 Å². The Bertz CT molecular complexity index is 1440. The second-order valence-corrected chi connectivity index (χ2v) is 10.2. The highest BCUT2D eigenvalue weighted by molar-refractivity contribution is 7.89. The van der Waals surface area contributed by atoms with E-state index in [1.165, 1.54) is 4.31 Å². The second kappa shape index (κ2) is 10.2. The third-order valence-corrected chi connectivity index (χ3v) is 7.73. The number of fused-ring (bicyclic) bond motifs is 1. The monoisotopic (exact) mass is 499 g/mol. The van der Waals surface area contributed by atoms with Crippen molar-refractivity contribution in [1.82, 2.24) is 4.31 Å². The molecule has 1 aliphatic rings. The summed E-state index contributed by atoms with van der Waals surface area (Å²) in [7, 11) is -3.75. The first-order valence-electron chi connectivity index (χ1n) is 11.5. The number of benzene rings is 4. The first kappa shape index (κ1) is 23.6. The van der Waals surface area contributed by atoms with Crippen molar-refractivity contribution in [3.8, 4) is 5.75 Å². The van der Waals surface area contributed by atoms with E-state index in [4.69, 9.17) is 4.74 Å². The van der Waals surface area contributed by atoms with Crippen molar-refractivity contribution in [2.45, 2.75) is 17.6 Å². The van der Waals surface area contributed by atoms with Gasteiger partial charge in [-0.25, -0.2) is 8.42 Å². The van der Waals surface area contributed by atoms with Crippen molar-refractivity contribution >= 4 is 27.3 Å². The minimum absolute atomic E-state index is 0.141. The van der Waals surface area contributed by atoms with E-state index >= 15 is 0 Å². The van der Waals surface area contributed by atoms with E-state index in [9.17, 15) is 13.2 Å². The number of amides is 1. The molecule has 0 aromatic heterocycles. The Hall–Kier alpha value is -4.14. The molecule has 182 valence electrons. The molecule has 1 amide bonds. The van der Waals surface area contributed by atoms with Gasteiger partial charge in [0.1, 0.15) is 16.8 Å². The van der Waals surface area contributed by atoms with E-state index in [1.807, 2.05) is 66.7 Å². The molecule has 0 radical (unpaired) electrons. The van der Waals surface area contributed by atoms with Gasteiger partial charge in [-0.2, -0.15) is 4.31 Å². The molecule has 5 rings (SSSR count). The van der Waals surface area contributed by atoms with Gasteiger partial charge in [-0.05, 0) is 47.5 Å². The molecule has 4 aromatic rings. The summed E-state index contributed by atoms with van der Waals surface area (Å²) in [5.74, 6) is 0.242. The predicted molar refractivity (Wildman–Crippen MR) is 139 cm³/mol. The van der Waals surface area contributed by atoms with Gasteiger partial charge in [0.05, 0.1) is 5.69 Å². The quantitative estimate of drug-likeness (QED) is 0.373. The summed E-state index contributed by atoms with van der Waals surface area (Å²) >= 11 is 0. The van der Waals surface area contributed by atoms with Crippen LogP contribution in [0.15, 0.2) is 114 Å².